The van der Waals surface area contributed by atoms with E-state index >= 15 is 0 Å². The van der Waals surface area contributed by atoms with Crippen molar-refractivity contribution in [3.63, 3.8) is 0 Å². The highest BCUT2D eigenvalue weighted by Crippen LogP contribution is 2.00. The Bertz CT molecular complexity index is 275. The van der Waals surface area contributed by atoms with Crippen LogP contribution < -0.4 is 5.32 Å². The van der Waals surface area contributed by atoms with Gasteiger partial charge in [0.1, 0.15) is 0 Å². The average molecular weight is 180 g/mol. The van der Waals surface area contributed by atoms with Crippen molar-refractivity contribution in [1.29, 1.82) is 0 Å². The fourth-order valence-corrected chi connectivity index (χ4v) is 1.13. The van der Waals surface area contributed by atoms with Crippen LogP contribution in [0.4, 0.5) is 4.79 Å². The third-order valence-electron chi connectivity index (χ3n) is 1.83. The van der Waals surface area contributed by atoms with E-state index in [-0.39, 0.29) is 11.9 Å². The minimum Gasteiger partial charge on any atom is -0.323 e. The van der Waals surface area contributed by atoms with Crippen LogP contribution >= 0.6 is 0 Å². The smallest absolute Gasteiger partial charge is 0.323 e. The molecule has 0 aromatic rings. The molecule has 0 atom stereocenters. The zero-order chi connectivity index (χ0) is 9.68. The van der Waals surface area contributed by atoms with Crippen LogP contribution in [0.1, 0.15) is 19.8 Å². The summed E-state index contributed by atoms with van der Waals surface area (Å²) in [5.41, 5.74) is 0. The van der Waals surface area contributed by atoms with Gasteiger partial charge in [0.2, 0.25) is 5.91 Å². The number of urea groups is 1. The third-order valence-corrected chi connectivity index (χ3v) is 1.83. The van der Waals surface area contributed by atoms with Gasteiger partial charge in [-0.3, -0.25) is 10.1 Å². The largest absolute Gasteiger partial charge is 0.324 e. The van der Waals surface area contributed by atoms with Gasteiger partial charge in [0.05, 0.1) is 0 Å². The van der Waals surface area contributed by atoms with E-state index in [2.05, 4.69) is 17.2 Å². The summed E-state index contributed by atoms with van der Waals surface area (Å²) in [6, 6.07) is -0.297. The van der Waals surface area contributed by atoms with Crippen molar-refractivity contribution in [2.75, 3.05) is 13.1 Å². The number of nitrogens with one attached hydrogen (secondary N) is 1. The Labute approximate surface area is 77.3 Å². The molecule has 1 fully saturated rings. The monoisotopic (exact) mass is 180 g/mol. The van der Waals surface area contributed by atoms with E-state index in [0.717, 1.165) is 0 Å². The average Bonchev–Trinajstić information content (AvgIpc) is 2.09. The van der Waals surface area contributed by atoms with Crippen LogP contribution in [-0.4, -0.2) is 29.9 Å². The highest BCUT2D eigenvalue weighted by molar-refractivity contribution is 5.96. The molecule has 0 spiro atoms. The molecule has 4 heteroatoms. The molecule has 0 aromatic heterocycles. The Morgan fingerprint density at radius 3 is 2.92 bits per heavy atom. The van der Waals surface area contributed by atoms with Gasteiger partial charge in [0.25, 0.3) is 0 Å². The molecule has 0 radical (unpaired) electrons. The first-order chi connectivity index (χ1) is 6.24. The molecular weight excluding hydrogens is 168 g/mol. The lowest BCUT2D eigenvalue weighted by Crippen LogP contribution is -2.49. The maximum Gasteiger partial charge on any atom is 0.324 e. The Morgan fingerprint density at radius 1 is 1.54 bits per heavy atom. The second-order valence-corrected chi connectivity index (χ2v) is 2.77. The van der Waals surface area contributed by atoms with Gasteiger partial charge in [-0.15, -0.1) is 11.8 Å². The van der Waals surface area contributed by atoms with Crippen LogP contribution in [0.15, 0.2) is 0 Å². The van der Waals surface area contributed by atoms with Crippen molar-refractivity contribution < 1.29 is 9.59 Å². The second kappa shape index (κ2) is 4.51. The van der Waals surface area contributed by atoms with Crippen molar-refractivity contribution in [3.05, 3.63) is 0 Å². The van der Waals surface area contributed by atoms with Crippen molar-refractivity contribution in [2.24, 2.45) is 0 Å². The molecule has 70 valence electrons. The number of nitrogens with zero attached hydrogens (tertiary/aromatic N) is 1. The van der Waals surface area contributed by atoms with Gasteiger partial charge >= 0.3 is 6.03 Å². The zero-order valence-corrected chi connectivity index (χ0v) is 7.59. The summed E-state index contributed by atoms with van der Waals surface area (Å²) < 4.78 is 0. The number of hydrogen-bond donors (Lipinski definition) is 1. The van der Waals surface area contributed by atoms with Gasteiger partial charge in [-0.25, -0.2) is 4.79 Å². The number of rotatable bonds is 2. The van der Waals surface area contributed by atoms with E-state index in [9.17, 15) is 9.59 Å². The quantitative estimate of drug-likeness (QED) is 0.623. The van der Waals surface area contributed by atoms with Gasteiger partial charge < -0.3 is 4.90 Å². The second-order valence-electron chi connectivity index (χ2n) is 2.77. The molecule has 1 saturated heterocycles. The van der Waals surface area contributed by atoms with Crippen molar-refractivity contribution in [3.8, 4) is 11.8 Å². The molecule has 0 unspecified atom stereocenters. The first-order valence-electron chi connectivity index (χ1n) is 4.22. The van der Waals surface area contributed by atoms with Crippen molar-refractivity contribution in [1.82, 2.24) is 10.2 Å². The van der Waals surface area contributed by atoms with Crippen molar-refractivity contribution >= 4 is 11.9 Å². The number of carbonyl (C=O) groups excluding carboxylic acids is 2. The minimum atomic E-state index is -0.297. The number of amides is 3. The van der Waals surface area contributed by atoms with E-state index in [1.165, 1.54) is 0 Å². The molecule has 1 aliphatic heterocycles. The highest BCUT2D eigenvalue weighted by atomic mass is 16.2. The van der Waals surface area contributed by atoms with Crippen LogP contribution in [0.25, 0.3) is 0 Å². The lowest BCUT2D eigenvalue weighted by atomic mass is 10.3. The predicted octanol–water partition coefficient (Wildman–Crippen LogP) is 0.342. The highest BCUT2D eigenvalue weighted by Gasteiger charge is 2.21. The number of hydrogen-bond acceptors (Lipinski definition) is 2. The molecule has 13 heavy (non-hydrogen) atoms. The minimum absolute atomic E-state index is 0.192. The van der Waals surface area contributed by atoms with E-state index in [4.69, 9.17) is 0 Å². The molecule has 1 N–H and O–H groups in total. The normalized spacial score (nSPS) is 16.2. The fraction of sp³-hybridized carbons (Fsp3) is 0.556. The number of imide groups is 1. The van der Waals surface area contributed by atoms with Crippen LogP contribution in [-0.2, 0) is 4.79 Å². The lowest BCUT2D eigenvalue weighted by Gasteiger charge is -2.25. The van der Waals surface area contributed by atoms with Crippen LogP contribution in [0.2, 0.25) is 0 Å². The van der Waals surface area contributed by atoms with Crippen molar-refractivity contribution in [2.45, 2.75) is 19.8 Å². The zero-order valence-electron chi connectivity index (χ0n) is 7.59. The molecule has 4 nitrogen and oxygen atoms in total. The summed E-state index contributed by atoms with van der Waals surface area (Å²) in [6.07, 6.45) is 1.06. The SMILES string of the molecule is CC#CCCN1CCC(=O)NC1=O. The molecule has 3 amide bonds. The molecule has 0 aliphatic carbocycles. The summed E-state index contributed by atoms with van der Waals surface area (Å²) >= 11 is 0. The summed E-state index contributed by atoms with van der Waals surface area (Å²) in [6.45, 7) is 2.87. The number of carbonyl (C=O) groups is 2. The Kier molecular flexibility index (Phi) is 3.32. The third kappa shape index (κ3) is 2.79. The van der Waals surface area contributed by atoms with E-state index in [0.29, 0.717) is 25.9 Å². The Balaban J connectivity index is 2.36. The molecule has 0 aromatic carbocycles. The molecule has 0 saturated carbocycles. The standard InChI is InChI=1S/C9H12N2O2/c1-2-3-4-6-11-7-5-8(12)10-9(11)13/h4-7H2,1H3,(H,10,12,13). The molecular formula is C9H12N2O2. The van der Waals surface area contributed by atoms with Gasteiger partial charge in [0, 0.05) is 25.9 Å². The first kappa shape index (κ1) is 9.59. The van der Waals surface area contributed by atoms with Crippen LogP contribution in [0.5, 0.6) is 0 Å². The predicted molar refractivity (Wildman–Crippen MR) is 47.8 cm³/mol. The molecule has 1 rings (SSSR count). The fourth-order valence-electron chi connectivity index (χ4n) is 1.13. The Morgan fingerprint density at radius 2 is 2.31 bits per heavy atom. The van der Waals surface area contributed by atoms with Gasteiger partial charge in [0.15, 0.2) is 0 Å². The van der Waals surface area contributed by atoms with E-state index < -0.39 is 0 Å². The van der Waals surface area contributed by atoms with Gasteiger partial charge in [-0.2, -0.15) is 0 Å². The van der Waals surface area contributed by atoms with Crippen LogP contribution in [0.3, 0.4) is 0 Å². The first-order valence-corrected chi connectivity index (χ1v) is 4.22. The summed E-state index contributed by atoms with van der Waals surface area (Å²) in [5, 5.41) is 2.26. The maximum absolute atomic E-state index is 11.1. The maximum atomic E-state index is 11.1. The van der Waals surface area contributed by atoms with Gasteiger partial charge in [-0.05, 0) is 6.92 Å². The van der Waals surface area contributed by atoms with E-state index in [1.807, 2.05) is 0 Å². The lowest BCUT2D eigenvalue weighted by molar-refractivity contribution is -0.121. The van der Waals surface area contributed by atoms with Gasteiger partial charge in [-0.1, -0.05) is 0 Å². The topological polar surface area (TPSA) is 49.4 Å². The van der Waals surface area contributed by atoms with E-state index in [1.54, 1.807) is 11.8 Å². The summed E-state index contributed by atoms with van der Waals surface area (Å²) in [5.74, 6) is 5.43. The summed E-state index contributed by atoms with van der Waals surface area (Å²) in [7, 11) is 0. The molecule has 1 aliphatic rings. The Hall–Kier alpha value is -1.50. The van der Waals surface area contributed by atoms with Crippen LogP contribution in [0, 0.1) is 11.8 Å². The molecule has 0 bridgehead atoms. The summed E-state index contributed by atoms with van der Waals surface area (Å²) in [4.78, 5) is 23.5. The molecule has 1 heterocycles.